The second-order valence-electron chi connectivity index (χ2n) is 20.2. The van der Waals surface area contributed by atoms with E-state index < -0.39 is 0 Å². The van der Waals surface area contributed by atoms with Crippen molar-refractivity contribution >= 4 is 62.1 Å². The third kappa shape index (κ3) is 4.69. The molecule has 52 heavy (non-hydrogen) atoms. The zero-order valence-corrected chi connectivity index (χ0v) is 33.4. The van der Waals surface area contributed by atoms with Crippen LogP contribution in [0.3, 0.4) is 0 Å². The monoisotopic (exact) mass is 683 g/mol. The van der Waals surface area contributed by atoms with Gasteiger partial charge in [-0.15, -0.1) is 0 Å². The van der Waals surface area contributed by atoms with Gasteiger partial charge in [0.15, 0.2) is 0 Å². The topological polar surface area (TPSA) is 16.4 Å². The minimum atomic E-state index is -0.188. The van der Waals surface area contributed by atoms with E-state index in [1.54, 1.807) is 0 Å². The van der Waals surface area contributed by atoms with Crippen LogP contribution in [0.25, 0.3) is 21.9 Å². The molecule has 0 bridgehead atoms. The second kappa shape index (κ2) is 10.5. The number of nitrogens with zero attached hydrogens (tertiary/aromatic N) is 1. The average molecular weight is 684 g/mol. The molecule has 9 rings (SSSR count). The van der Waals surface area contributed by atoms with Crippen LogP contribution in [-0.4, -0.2) is 6.71 Å². The lowest BCUT2D eigenvalue weighted by Gasteiger charge is -2.49. The Bertz CT molecular complexity index is 2460. The number of para-hydroxylation sites is 1. The quantitative estimate of drug-likeness (QED) is 0.160. The summed E-state index contributed by atoms with van der Waals surface area (Å²) in [6.45, 7) is 28.9. The summed E-state index contributed by atoms with van der Waals surface area (Å²) < 4.78 is 6.67. The van der Waals surface area contributed by atoms with Crippen molar-refractivity contribution in [3.8, 4) is 0 Å². The SMILES string of the molecule is CC(C)(C)c1ccc(N2c3cc4c(cc3B3c5cc6c(cc5C(C)(C)c5cc(C(C)(C)C)cc2c53)C(C)(C)CCC6(C)C)oc2ccccc24)cc1. The van der Waals surface area contributed by atoms with Crippen LogP contribution in [0.5, 0.6) is 0 Å². The fraction of sp³-hybridized carbons (Fsp3) is 0.388. The first-order valence-electron chi connectivity index (χ1n) is 19.5. The van der Waals surface area contributed by atoms with Crippen LogP contribution >= 0.6 is 0 Å². The average Bonchev–Trinajstić information content (AvgIpc) is 3.44. The van der Waals surface area contributed by atoms with Crippen molar-refractivity contribution in [2.45, 2.75) is 123 Å². The van der Waals surface area contributed by atoms with Gasteiger partial charge >= 0.3 is 0 Å². The normalized spacial score (nSPS) is 18.2. The molecule has 0 radical (unpaired) electrons. The van der Waals surface area contributed by atoms with Crippen LogP contribution in [0.1, 0.15) is 129 Å². The first-order chi connectivity index (χ1) is 24.3. The lowest BCUT2D eigenvalue weighted by atomic mass is 9.29. The summed E-state index contributed by atoms with van der Waals surface area (Å²) in [5.74, 6) is 0. The molecule has 3 heterocycles. The Hall–Kier alpha value is -4.24. The van der Waals surface area contributed by atoms with Gasteiger partial charge in [0.25, 0.3) is 0 Å². The standard InChI is InChI=1S/C49H54BNO/c1-45(2,3)29-17-19-31(20-18-29)51-40-25-33-32-15-13-14-16-42(32)52-43(33)28-39(40)50-38-27-35-34(47(7,8)21-22-48(35,9)10)26-36(38)49(11,12)37-23-30(46(4,5)6)24-41(51)44(37)50/h13-20,23-28H,21-22H2,1-12H3. The number of hydrogen-bond donors (Lipinski definition) is 0. The predicted octanol–water partition coefficient (Wildman–Crippen LogP) is 11.5. The van der Waals surface area contributed by atoms with Crippen molar-refractivity contribution < 1.29 is 4.42 Å². The van der Waals surface area contributed by atoms with E-state index in [1.807, 2.05) is 0 Å². The van der Waals surface area contributed by atoms with Gasteiger partial charge in [-0.1, -0.05) is 137 Å². The predicted molar refractivity (Wildman–Crippen MR) is 224 cm³/mol. The lowest BCUT2D eigenvalue weighted by molar-refractivity contribution is 0.331. The molecule has 0 amide bonds. The van der Waals surface area contributed by atoms with Crippen LogP contribution < -0.4 is 21.3 Å². The molecule has 3 heteroatoms. The Kier molecular flexibility index (Phi) is 6.76. The molecule has 0 saturated carbocycles. The maximum absolute atomic E-state index is 6.67. The molecule has 2 nitrogen and oxygen atoms in total. The molecule has 5 aromatic carbocycles. The number of furan rings is 1. The van der Waals surface area contributed by atoms with Crippen molar-refractivity contribution in [3.63, 3.8) is 0 Å². The highest BCUT2D eigenvalue weighted by Crippen LogP contribution is 2.50. The van der Waals surface area contributed by atoms with Gasteiger partial charge in [-0.2, -0.15) is 0 Å². The molecular formula is C49H54BNO. The number of rotatable bonds is 1. The molecule has 0 saturated heterocycles. The summed E-state index contributed by atoms with van der Waals surface area (Å²) in [5.41, 5.74) is 18.7. The zero-order valence-electron chi connectivity index (χ0n) is 33.4. The Morgan fingerprint density at radius 2 is 1.19 bits per heavy atom. The summed E-state index contributed by atoms with van der Waals surface area (Å²) in [6, 6.07) is 33.1. The molecule has 0 spiro atoms. The van der Waals surface area contributed by atoms with Gasteiger partial charge < -0.3 is 9.32 Å². The summed E-state index contributed by atoms with van der Waals surface area (Å²) in [4.78, 5) is 2.58. The maximum Gasteiger partial charge on any atom is 0.247 e. The van der Waals surface area contributed by atoms with Crippen LogP contribution in [0.15, 0.2) is 89.3 Å². The van der Waals surface area contributed by atoms with Gasteiger partial charge in [0, 0.05) is 33.2 Å². The highest BCUT2D eigenvalue weighted by molar-refractivity contribution is 6.99. The molecule has 6 aromatic rings. The smallest absolute Gasteiger partial charge is 0.247 e. The maximum atomic E-state index is 6.67. The highest BCUT2D eigenvalue weighted by Gasteiger charge is 2.49. The van der Waals surface area contributed by atoms with Gasteiger partial charge in [0.05, 0.1) is 0 Å². The van der Waals surface area contributed by atoms with Crippen molar-refractivity contribution in [2.75, 3.05) is 4.90 Å². The van der Waals surface area contributed by atoms with Gasteiger partial charge in [0.1, 0.15) is 11.2 Å². The van der Waals surface area contributed by atoms with E-state index in [0.29, 0.717) is 0 Å². The molecular weight excluding hydrogens is 629 g/mol. The highest BCUT2D eigenvalue weighted by atomic mass is 16.3. The minimum Gasteiger partial charge on any atom is -0.456 e. The minimum absolute atomic E-state index is 0.0218. The zero-order chi connectivity index (χ0) is 36.9. The van der Waals surface area contributed by atoms with E-state index in [1.165, 1.54) is 90.4 Å². The summed E-state index contributed by atoms with van der Waals surface area (Å²) in [5, 5.41) is 2.34. The van der Waals surface area contributed by atoms with Crippen molar-refractivity contribution in [1.82, 2.24) is 0 Å². The number of hydrogen-bond acceptors (Lipinski definition) is 2. The third-order valence-corrected chi connectivity index (χ3v) is 13.3. The Labute approximate surface area is 311 Å². The van der Waals surface area contributed by atoms with Crippen molar-refractivity contribution in [1.29, 1.82) is 0 Å². The van der Waals surface area contributed by atoms with Crippen molar-refractivity contribution in [3.05, 3.63) is 118 Å². The van der Waals surface area contributed by atoms with Crippen LogP contribution in [0.2, 0.25) is 0 Å². The van der Waals surface area contributed by atoms with Crippen LogP contribution in [-0.2, 0) is 27.1 Å². The largest absolute Gasteiger partial charge is 0.456 e. The lowest BCUT2D eigenvalue weighted by Crippen LogP contribution is -2.64. The fourth-order valence-corrected chi connectivity index (χ4v) is 9.83. The number of fused-ring (bicyclic) bond motifs is 8. The van der Waals surface area contributed by atoms with Crippen molar-refractivity contribution in [2.24, 2.45) is 0 Å². The van der Waals surface area contributed by atoms with E-state index in [9.17, 15) is 0 Å². The second-order valence-corrected chi connectivity index (χ2v) is 20.2. The first kappa shape index (κ1) is 33.6. The number of benzene rings is 5. The van der Waals surface area contributed by atoms with Gasteiger partial charge in [-0.25, -0.2) is 0 Å². The number of anilines is 3. The molecule has 1 aromatic heterocycles. The Balaban J connectivity index is 1.43. The van der Waals surface area contributed by atoms with Crippen LogP contribution in [0.4, 0.5) is 17.1 Å². The van der Waals surface area contributed by atoms with E-state index in [-0.39, 0.29) is 33.8 Å². The van der Waals surface area contributed by atoms with E-state index >= 15 is 0 Å². The molecule has 2 aliphatic heterocycles. The molecule has 0 unspecified atom stereocenters. The van der Waals surface area contributed by atoms with Crippen LogP contribution in [0, 0.1) is 0 Å². The van der Waals surface area contributed by atoms with E-state index in [4.69, 9.17) is 4.42 Å². The first-order valence-corrected chi connectivity index (χ1v) is 19.5. The van der Waals surface area contributed by atoms with Gasteiger partial charge in [-0.05, 0) is 115 Å². The Morgan fingerprint density at radius 1 is 0.558 bits per heavy atom. The molecule has 264 valence electrons. The molecule has 0 atom stereocenters. The van der Waals surface area contributed by atoms with E-state index in [0.717, 1.165) is 11.2 Å². The van der Waals surface area contributed by atoms with Gasteiger partial charge in [-0.3, -0.25) is 0 Å². The summed E-state index contributed by atoms with van der Waals surface area (Å²) >= 11 is 0. The third-order valence-electron chi connectivity index (χ3n) is 13.3. The van der Waals surface area contributed by atoms with Gasteiger partial charge in [0.2, 0.25) is 6.71 Å². The Morgan fingerprint density at radius 3 is 1.85 bits per heavy atom. The molecule has 3 aliphatic rings. The molecule has 0 N–H and O–H groups in total. The molecule has 1 aliphatic carbocycles. The summed E-state index contributed by atoms with van der Waals surface area (Å²) in [7, 11) is 0. The van der Waals surface area contributed by atoms with E-state index in [2.05, 4.69) is 173 Å². The molecule has 0 fully saturated rings. The summed E-state index contributed by atoms with van der Waals surface area (Å²) in [6.07, 6.45) is 2.41. The fourth-order valence-electron chi connectivity index (χ4n) is 9.83.